The maximum Gasteiger partial charge on any atom is 0.323 e. The van der Waals surface area contributed by atoms with Gasteiger partial charge >= 0.3 is 5.97 Å². The topological polar surface area (TPSA) is 50.2 Å². The highest BCUT2D eigenvalue weighted by Crippen LogP contribution is 2.62. The number of aliphatic carboxylic acids is 1. The Morgan fingerprint density at radius 1 is 1.41 bits per heavy atom. The molecule has 0 spiro atoms. The second kappa shape index (κ2) is 3.01. The standard InChI is InChI=1S/C11H7F2NO2S/c12-11(13)5-10(11,9(15)16)8-14-6-3-1-2-4-7(6)17-8/h1-4H,5H2,(H,15,16). The molecule has 0 radical (unpaired) electrons. The van der Waals surface area contributed by atoms with Crippen LogP contribution in [0.25, 0.3) is 10.2 Å². The average Bonchev–Trinajstić information content (AvgIpc) is 2.69. The van der Waals surface area contributed by atoms with Crippen molar-refractivity contribution in [3.8, 4) is 0 Å². The predicted octanol–water partition coefficient (Wildman–Crippen LogP) is 2.66. The summed E-state index contributed by atoms with van der Waals surface area (Å²) in [6, 6.07) is 6.94. The van der Waals surface area contributed by atoms with Gasteiger partial charge in [-0.05, 0) is 12.1 Å². The van der Waals surface area contributed by atoms with Crippen LogP contribution in [0, 0.1) is 0 Å². The van der Waals surface area contributed by atoms with Gasteiger partial charge in [0.1, 0.15) is 5.01 Å². The molecule has 1 N–H and O–H groups in total. The lowest BCUT2D eigenvalue weighted by atomic mass is 10.1. The Morgan fingerprint density at radius 2 is 2.06 bits per heavy atom. The number of para-hydroxylation sites is 1. The minimum Gasteiger partial charge on any atom is -0.480 e. The van der Waals surface area contributed by atoms with Crippen molar-refractivity contribution in [1.29, 1.82) is 0 Å². The van der Waals surface area contributed by atoms with Crippen LogP contribution in [0.4, 0.5) is 8.78 Å². The Kier molecular flexibility index (Phi) is 1.87. The molecule has 0 bridgehead atoms. The van der Waals surface area contributed by atoms with E-state index in [1.54, 1.807) is 24.3 Å². The number of hydrogen-bond acceptors (Lipinski definition) is 3. The molecule has 1 unspecified atom stereocenters. The SMILES string of the molecule is O=C(O)C1(c2nc3ccccc3s2)CC1(F)F. The van der Waals surface area contributed by atoms with Crippen molar-refractivity contribution in [2.24, 2.45) is 0 Å². The van der Waals surface area contributed by atoms with E-state index in [-0.39, 0.29) is 5.01 Å². The van der Waals surface area contributed by atoms with Crippen molar-refractivity contribution in [2.75, 3.05) is 0 Å². The summed E-state index contributed by atoms with van der Waals surface area (Å²) in [7, 11) is 0. The Morgan fingerprint density at radius 3 is 2.59 bits per heavy atom. The molecular formula is C11H7F2NO2S. The summed E-state index contributed by atoms with van der Waals surface area (Å²) in [4.78, 5) is 15.1. The first kappa shape index (κ1) is 10.6. The van der Waals surface area contributed by atoms with Gasteiger partial charge in [-0.2, -0.15) is 0 Å². The number of carboxylic acid groups (broad SMARTS) is 1. The van der Waals surface area contributed by atoms with Crippen LogP contribution in [-0.4, -0.2) is 22.0 Å². The van der Waals surface area contributed by atoms with Crippen LogP contribution < -0.4 is 0 Å². The molecule has 1 fully saturated rings. The van der Waals surface area contributed by atoms with E-state index in [1.807, 2.05) is 0 Å². The molecule has 1 aliphatic rings. The van der Waals surface area contributed by atoms with Crippen LogP contribution >= 0.6 is 11.3 Å². The zero-order valence-electron chi connectivity index (χ0n) is 8.48. The van der Waals surface area contributed by atoms with E-state index in [4.69, 9.17) is 5.11 Å². The molecule has 0 saturated heterocycles. The molecule has 17 heavy (non-hydrogen) atoms. The number of nitrogens with zero attached hydrogens (tertiary/aromatic N) is 1. The van der Waals surface area contributed by atoms with Crippen LogP contribution in [0.1, 0.15) is 11.4 Å². The van der Waals surface area contributed by atoms with Gasteiger partial charge in [0.2, 0.25) is 0 Å². The fourth-order valence-corrected chi connectivity index (χ4v) is 3.10. The lowest BCUT2D eigenvalue weighted by Gasteiger charge is -2.06. The number of alkyl halides is 2. The lowest BCUT2D eigenvalue weighted by molar-refractivity contribution is -0.142. The van der Waals surface area contributed by atoms with Crippen molar-refractivity contribution in [1.82, 2.24) is 4.98 Å². The molecule has 0 aliphatic heterocycles. The molecule has 1 aliphatic carbocycles. The predicted molar refractivity (Wildman–Crippen MR) is 58.5 cm³/mol. The first-order valence-corrected chi connectivity index (χ1v) is 5.76. The zero-order chi connectivity index (χ0) is 12.3. The molecule has 1 heterocycles. The molecular weight excluding hydrogens is 248 g/mol. The smallest absolute Gasteiger partial charge is 0.323 e. The van der Waals surface area contributed by atoms with Gasteiger partial charge in [0.15, 0.2) is 5.41 Å². The minimum atomic E-state index is -3.19. The summed E-state index contributed by atoms with van der Waals surface area (Å²) in [6.07, 6.45) is -0.658. The van der Waals surface area contributed by atoms with Gasteiger partial charge in [0, 0.05) is 6.42 Å². The first-order chi connectivity index (χ1) is 7.97. The third-order valence-electron chi connectivity index (χ3n) is 3.01. The second-order valence-electron chi connectivity index (χ2n) is 4.08. The van der Waals surface area contributed by atoms with E-state index >= 15 is 0 Å². The number of fused-ring (bicyclic) bond motifs is 1. The van der Waals surface area contributed by atoms with Crippen LogP contribution in [-0.2, 0) is 10.2 Å². The quantitative estimate of drug-likeness (QED) is 0.897. The lowest BCUT2D eigenvalue weighted by Crippen LogP contribution is -2.26. The summed E-state index contributed by atoms with van der Waals surface area (Å²) < 4.78 is 27.3. The Balaban J connectivity index is 2.18. The number of carboxylic acids is 1. The van der Waals surface area contributed by atoms with Gasteiger partial charge in [-0.3, -0.25) is 4.79 Å². The highest BCUT2D eigenvalue weighted by Gasteiger charge is 2.79. The van der Waals surface area contributed by atoms with Gasteiger partial charge in [0.25, 0.3) is 5.92 Å². The summed E-state index contributed by atoms with van der Waals surface area (Å²) in [5.74, 6) is -4.69. The van der Waals surface area contributed by atoms with E-state index in [1.165, 1.54) is 0 Å². The minimum absolute atomic E-state index is 0.00352. The fraction of sp³-hybridized carbons (Fsp3) is 0.273. The summed E-state index contributed by atoms with van der Waals surface area (Å²) in [5.41, 5.74) is -1.53. The number of thiazole rings is 1. The molecule has 3 nitrogen and oxygen atoms in total. The maximum absolute atomic E-state index is 13.3. The molecule has 88 valence electrons. The van der Waals surface area contributed by atoms with E-state index in [2.05, 4.69) is 4.98 Å². The third kappa shape index (κ3) is 1.24. The Labute approximate surface area is 98.7 Å². The molecule has 3 rings (SSSR count). The largest absolute Gasteiger partial charge is 0.480 e. The van der Waals surface area contributed by atoms with Crippen molar-refractivity contribution >= 4 is 27.5 Å². The normalized spacial score (nSPS) is 26.0. The van der Waals surface area contributed by atoms with Crippen LogP contribution in [0.15, 0.2) is 24.3 Å². The summed E-state index contributed by atoms with van der Waals surface area (Å²) in [5, 5.41) is 9.00. The summed E-state index contributed by atoms with van der Waals surface area (Å²) >= 11 is 1.03. The monoisotopic (exact) mass is 255 g/mol. The average molecular weight is 255 g/mol. The number of halogens is 2. The molecule has 2 aromatic rings. The number of aromatic nitrogens is 1. The van der Waals surface area contributed by atoms with Crippen molar-refractivity contribution < 1.29 is 18.7 Å². The van der Waals surface area contributed by atoms with Gasteiger partial charge in [-0.1, -0.05) is 12.1 Å². The highest BCUT2D eigenvalue weighted by atomic mass is 32.1. The Hall–Kier alpha value is -1.56. The van der Waals surface area contributed by atoms with Crippen molar-refractivity contribution in [3.05, 3.63) is 29.3 Å². The van der Waals surface area contributed by atoms with E-state index in [9.17, 15) is 13.6 Å². The Bertz CT molecular complexity index is 592. The summed E-state index contributed by atoms with van der Waals surface area (Å²) in [6.45, 7) is 0. The van der Waals surface area contributed by atoms with Crippen LogP contribution in [0.2, 0.25) is 0 Å². The fourth-order valence-electron chi connectivity index (χ4n) is 1.90. The number of benzene rings is 1. The number of hydrogen-bond donors (Lipinski definition) is 1. The zero-order valence-corrected chi connectivity index (χ0v) is 9.30. The van der Waals surface area contributed by atoms with Gasteiger partial charge in [-0.25, -0.2) is 13.8 Å². The van der Waals surface area contributed by atoms with Crippen molar-refractivity contribution in [2.45, 2.75) is 17.8 Å². The van der Waals surface area contributed by atoms with E-state index in [0.717, 1.165) is 16.0 Å². The third-order valence-corrected chi connectivity index (χ3v) is 4.21. The maximum atomic E-state index is 13.3. The van der Waals surface area contributed by atoms with Gasteiger partial charge < -0.3 is 5.11 Å². The van der Waals surface area contributed by atoms with Crippen molar-refractivity contribution in [3.63, 3.8) is 0 Å². The second-order valence-corrected chi connectivity index (χ2v) is 5.11. The number of rotatable bonds is 2. The molecule has 6 heteroatoms. The molecule has 1 saturated carbocycles. The molecule has 0 amide bonds. The molecule has 1 aromatic heterocycles. The van der Waals surface area contributed by atoms with E-state index < -0.39 is 23.7 Å². The molecule has 1 aromatic carbocycles. The van der Waals surface area contributed by atoms with Gasteiger partial charge in [-0.15, -0.1) is 11.3 Å². The van der Waals surface area contributed by atoms with Gasteiger partial charge in [0.05, 0.1) is 10.2 Å². The van der Waals surface area contributed by atoms with Crippen LogP contribution in [0.5, 0.6) is 0 Å². The van der Waals surface area contributed by atoms with Crippen LogP contribution in [0.3, 0.4) is 0 Å². The van der Waals surface area contributed by atoms with E-state index in [0.29, 0.717) is 5.52 Å². The molecule has 1 atom stereocenters. The first-order valence-electron chi connectivity index (χ1n) is 4.95. The highest BCUT2D eigenvalue weighted by molar-refractivity contribution is 7.18. The number of carbonyl (C=O) groups is 1.